The first-order chi connectivity index (χ1) is 10.1. The molecule has 0 spiro atoms. The van der Waals surface area contributed by atoms with Crippen molar-refractivity contribution in [1.29, 1.82) is 0 Å². The molecule has 21 heavy (non-hydrogen) atoms. The highest BCUT2D eigenvalue weighted by Crippen LogP contribution is 2.27. The van der Waals surface area contributed by atoms with Gasteiger partial charge < -0.3 is 14.8 Å². The maximum Gasteiger partial charge on any atom is 0.207 e. The Hall–Kier alpha value is -1.26. The van der Waals surface area contributed by atoms with E-state index in [4.69, 9.17) is 21.1 Å². The van der Waals surface area contributed by atoms with Crippen LogP contribution in [0.2, 0.25) is 5.02 Å². The number of amides is 1. The molecule has 5 heteroatoms. The molecule has 2 atom stereocenters. The molecule has 0 heterocycles. The molecule has 1 amide bonds. The van der Waals surface area contributed by atoms with Crippen molar-refractivity contribution >= 4 is 18.0 Å². The molecule has 0 aliphatic heterocycles. The molecular weight excluding hydrogens is 290 g/mol. The summed E-state index contributed by atoms with van der Waals surface area (Å²) in [5, 5.41) is 3.40. The van der Waals surface area contributed by atoms with Crippen LogP contribution >= 0.6 is 11.6 Å². The van der Waals surface area contributed by atoms with Crippen LogP contribution in [0.1, 0.15) is 25.8 Å². The Balaban J connectivity index is 2.61. The van der Waals surface area contributed by atoms with Crippen LogP contribution in [0.5, 0.6) is 5.75 Å². The smallest absolute Gasteiger partial charge is 0.207 e. The Morgan fingerprint density at radius 2 is 2.10 bits per heavy atom. The Bertz CT molecular complexity index is 440. The number of hydrogen-bond donors (Lipinski definition) is 1. The minimum atomic E-state index is 0.129. The van der Waals surface area contributed by atoms with Crippen molar-refractivity contribution in [3.8, 4) is 5.75 Å². The van der Waals surface area contributed by atoms with E-state index >= 15 is 0 Å². The quantitative estimate of drug-likeness (QED) is 0.533. The molecule has 1 unspecified atom stereocenters. The first kappa shape index (κ1) is 17.8. The second-order valence-corrected chi connectivity index (χ2v) is 5.62. The Morgan fingerprint density at radius 3 is 2.76 bits per heavy atom. The number of benzene rings is 1. The van der Waals surface area contributed by atoms with Gasteiger partial charge in [0.25, 0.3) is 0 Å². The molecule has 118 valence electrons. The van der Waals surface area contributed by atoms with E-state index in [1.165, 1.54) is 0 Å². The number of nitrogens with one attached hydrogen (secondary N) is 1. The number of methoxy groups -OCH3 is 1. The molecule has 0 aliphatic rings. The van der Waals surface area contributed by atoms with E-state index in [2.05, 4.69) is 12.2 Å². The van der Waals surface area contributed by atoms with Crippen LogP contribution < -0.4 is 10.1 Å². The summed E-state index contributed by atoms with van der Waals surface area (Å²) in [6, 6.07) is 5.95. The molecule has 4 nitrogen and oxygen atoms in total. The van der Waals surface area contributed by atoms with Gasteiger partial charge in [-0.15, -0.1) is 0 Å². The molecular formula is C16H24ClNO3. The van der Waals surface area contributed by atoms with E-state index in [0.717, 1.165) is 24.8 Å². The lowest BCUT2D eigenvalue weighted by atomic mass is 9.95. The molecule has 1 rings (SSSR count). The molecule has 0 fully saturated rings. The average molecular weight is 314 g/mol. The van der Waals surface area contributed by atoms with E-state index in [0.29, 0.717) is 29.9 Å². The fraction of sp³-hybridized carbons (Fsp3) is 0.562. The van der Waals surface area contributed by atoms with Crippen molar-refractivity contribution in [2.45, 2.75) is 32.7 Å². The summed E-state index contributed by atoms with van der Waals surface area (Å²) in [5.74, 6) is 1.03. The minimum absolute atomic E-state index is 0.129. The molecule has 0 radical (unpaired) electrons. The van der Waals surface area contributed by atoms with Gasteiger partial charge in [0.15, 0.2) is 0 Å². The van der Waals surface area contributed by atoms with Crippen molar-refractivity contribution in [2.24, 2.45) is 5.92 Å². The molecule has 0 aliphatic carbocycles. The number of halogens is 1. The first-order valence-electron chi connectivity index (χ1n) is 7.18. The molecule has 0 saturated carbocycles. The van der Waals surface area contributed by atoms with Crippen LogP contribution in [0.3, 0.4) is 0 Å². The minimum Gasteiger partial charge on any atom is -0.492 e. The van der Waals surface area contributed by atoms with Gasteiger partial charge in [-0.25, -0.2) is 0 Å². The molecule has 1 N–H and O–H groups in total. The van der Waals surface area contributed by atoms with Gasteiger partial charge in [-0.2, -0.15) is 0 Å². The number of hydrogen-bond acceptors (Lipinski definition) is 3. The number of carbonyl (C=O) groups excluding carboxylic acids is 1. The lowest BCUT2D eigenvalue weighted by molar-refractivity contribution is -0.110. The predicted octanol–water partition coefficient (Wildman–Crippen LogP) is 3.07. The lowest BCUT2D eigenvalue weighted by Gasteiger charge is -2.19. The highest BCUT2D eigenvalue weighted by molar-refractivity contribution is 6.32. The van der Waals surface area contributed by atoms with Crippen LogP contribution in [0.4, 0.5) is 0 Å². The third-order valence-corrected chi connectivity index (χ3v) is 3.80. The van der Waals surface area contributed by atoms with Gasteiger partial charge in [-0.05, 0) is 37.0 Å². The number of ether oxygens (including phenoxy) is 2. The second-order valence-electron chi connectivity index (χ2n) is 5.21. The SMILES string of the molecule is COCCCOc1cc(C[C@@H](C)C(C)NC=O)ccc1Cl. The summed E-state index contributed by atoms with van der Waals surface area (Å²) < 4.78 is 10.7. The Morgan fingerprint density at radius 1 is 1.33 bits per heavy atom. The molecule has 1 aromatic rings. The van der Waals surface area contributed by atoms with Crippen LogP contribution in [0, 0.1) is 5.92 Å². The summed E-state index contributed by atoms with van der Waals surface area (Å²) in [6.07, 6.45) is 2.43. The van der Waals surface area contributed by atoms with Gasteiger partial charge >= 0.3 is 0 Å². The summed E-state index contributed by atoms with van der Waals surface area (Å²) in [4.78, 5) is 10.5. The zero-order valence-electron chi connectivity index (χ0n) is 12.9. The monoisotopic (exact) mass is 313 g/mol. The summed E-state index contributed by atoms with van der Waals surface area (Å²) in [5.41, 5.74) is 1.15. The van der Waals surface area contributed by atoms with E-state index in [1.54, 1.807) is 7.11 Å². The van der Waals surface area contributed by atoms with Crippen molar-refractivity contribution < 1.29 is 14.3 Å². The topological polar surface area (TPSA) is 47.6 Å². The van der Waals surface area contributed by atoms with E-state index in [9.17, 15) is 4.79 Å². The lowest BCUT2D eigenvalue weighted by Crippen LogP contribution is -2.31. The Kier molecular flexibility index (Phi) is 8.16. The third kappa shape index (κ3) is 6.36. The number of carbonyl (C=O) groups is 1. The van der Waals surface area contributed by atoms with Crippen molar-refractivity contribution in [1.82, 2.24) is 5.32 Å². The van der Waals surface area contributed by atoms with Gasteiger partial charge in [0, 0.05) is 26.2 Å². The Labute approximate surface area is 131 Å². The van der Waals surface area contributed by atoms with Gasteiger partial charge in [0.05, 0.1) is 11.6 Å². The molecule has 0 aromatic heterocycles. The van der Waals surface area contributed by atoms with E-state index in [1.807, 2.05) is 25.1 Å². The summed E-state index contributed by atoms with van der Waals surface area (Å²) >= 11 is 6.14. The fourth-order valence-electron chi connectivity index (χ4n) is 1.99. The standard InChI is InChI=1S/C16H24ClNO3/c1-12(13(2)18-11-19)9-14-5-6-15(17)16(10-14)21-8-4-7-20-3/h5-6,10-13H,4,7-9H2,1-3H3,(H,18,19)/t12-,13?/m1/s1. The fourth-order valence-corrected chi connectivity index (χ4v) is 2.16. The largest absolute Gasteiger partial charge is 0.492 e. The highest BCUT2D eigenvalue weighted by Gasteiger charge is 2.13. The summed E-state index contributed by atoms with van der Waals surface area (Å²) in [6.45, 7) is 5.35. The molecule has 1 aromatic carbocycles. The van der Waals surface area contributed by atoms with E-state index < -0.39 is 0 Å². The second kappa shape index (κ2) is 9.64. The number of rotatable bonds is 10. The molecule has 0 saturated heterocycles. The van der Waals surface area contributed by atoms with Crippen LogP contribution in [-0.2, 0) is 16.0 Å². The normalized spacial score (nSPS) is 13.5. The average Bonchev–Trinajstić information content (AvgIpc) is 2.46. The van der Waals surface area contributed by atoms with Gasteiger partial charge in [0.2, 0.25) is 6.41 Å². The maximum atomic E-state index is 10.5. The van der Waals surface area contributed by atoms with Crippen LogP contribution in [0.25, 0.3) is 0 Å². The van der Waals surface area contributed by atoms with Gasteiger partial charge in [0.1, 0.15) is 5.75 Å². The zero-order valence-corrected chi connectivity index (χ0v) is 13.7. The van der Waals surface area contributed by atoms with Crippen LogP contribution in [-0.4, -0.2) is 32.8 Å². The third-order valence-electron chi connectivity index (χ3n) is 3.49. The maximum absolute atomic E-state index is 10.5. The van der Waals surface area contributed by atoms with Crippen LogP contribution in [0.15, 0.2) is 18.2 Å². The van der Waals surface area contributed by atoms with Gasteiger partial charge in [-0.1, -0.05) is 24.6 Å². The van der Waals surface area contributed by atoms with E-state index in [-0.39, 0.29) is 6.04 Å². The van der Waals surface area contributed by atoms with Gasteiger partial charge in [-0.3, -0.25) is 4.79 Å². The van der Waals surface area contributed by atoms with Crippen molar-refractivity contribution in [3.05, 3.63) is 28.8 Å². The zero-order chi connectivity index (χ0) is 15.7. The summed E-state index contributed by atoms with van der Waals surface area (Å²) in [7, 11) is 1.67. The first-order valence-corrected chi connectivity index (χ1v) is 7.56. The predicted molar refractivity (Wildman–Crippen MR) is 85.0 cm³/mol. The van der Waals surface area contributed by atoms with Crippen molar-refractivity contribution in [2.75, 3.05) is 20.3 Å². The highest BCUT2D eigenvalue weighted by atomic mass is 35.5. The molecule has 0 bridgehead atoms. The van der Waals surface area contributed by atoms with Crippen molar-refractivity contribution in [3.63, 3.8) is 0 Å².